The first-order valence-electron chi connectivity index (χ1n) is 3.10. The molecule has 1 aromatic heterocycles. The van der Waals surface area contributed by atoms with Gasteiger partial charge in [-0.2, -0.15) is 0 Å². The second kappa shape index (κ2) is 11.6. The molecule has 1 aromatic rings. The summed E-state index contributed by atoms with van der Waals surface area (Å²) in [6.07, 6.45) is 4.39. The molecule has 0 saturated heterocycles. The van der Waals surface area contributed by atoms with Crippen molar-refractivity contribution in [3.8, 4) is 0 Å². The molecule has 11 heavy (non-hydrogen) atoms. The van der Waals surface area contributed by atoms with Gasteiger partial charge in [-0.3, -0.25) is 17.8 Å². The van der Waals surface area contributed by atoms with Gasteiger partial charge >= 0.3 is 0 Å². The van der Waals surface area contributed by atoms with E-state index in [-0.39, 0.29) is 19.5 Å². The molecule has 61 valence electrons. The molecule has 0 aromatic carbocycles. The number of nitrogens with zero attached hydrogens (tertiary/aromatic N) is 1. The van der Waals surface area contributed by atoms with Gasteiger partial charge in [0.1, 0.15) is 0 Å². The topological polar surface area (TPSA) is 12.9 Å². The molecule has 0 atom stereocenters. The molecule has 0 fully saturated rings. The van der Waals surface area contributed by atoms with Gasteiger partial charge in [-0.05, 0) is 0 Å². The fraction of sp³-hybridized carbons (Fsp3) is 0.375. The molecule has 1 heterocycles. The predicted molar refractivity (Wildman–Crippen MR) is 38.0 cm³/mol. The van der Waals surface area contributed by atoms with E-state index in [1.807, 2.05) is 20.8 Å². The monoisotopic (exact) mass is 491 g/mol. The number of pyridine rings is 1. The minimum Gasteiger partial charge on any atom is -0.528 e. The van der Waals surface area contributed by atoms with Crippen LogP contribution in [0.5, 0.6) is 0 Å². The third-order valence-electron chi connectivity index (χ3n) is 0.681. The standard InChI is InChI=1S/C6H5N.C2H6.Rf.Rh/c1-6-3-2-4-7-5-6;1-2;;/h2,4H,1H3;1-2H3;;/q-2;;;. The van der Waals surface area contributed by atoms with Crippen molar-refractivity contribution in [2.75, 3.05) is 0 Å². The average Bonchev–Trinajstić information content (AvgIpc) is 1.94. The molecule has 0 aliphatic heterocycles. The second-order valence-corrected chi connectivity index (χ2v) is 1.33. The van der Waals surface area contributed by atoms with Crippen molar-refractivity contribution >= 4 is 0 Å². The Labute approximate surface area is 75.6 Å². The second-order valence-electron chi connectivity index (χ2n) is 1.33. The quantitative estimate of drug-likeness (QED) is 0.400. The van der Waals surface area contributed by atoms with Crippen LogP contribution in [0.2, 0.25) is 0 Å². The zero-order valence-corrected chi connectivity index (χ0v) is 15.2. The van der Waals surface area contributed by atoms with Gasteiger partial charge < -0.3 is 11.1 Å². The van der Waals surface area contributed by atoms with Crippen LogP contribution < -0.4 is 0 Å². The molecule has 3 heteroatoms. The number of aromatic nitrogens is 1. The van der Waals surface area contributed by atoms with E-state index in [1.165, 1.54) is 0 Å². The molecule has 1 rings (SSSR count). The van der Waals surface area contributed by atoms with E-state index >= 15 is 0 Å². The molecule has 0 saturated carbocycles. The Bertz CT molecular complexity index is 144. The summed E-state index contributed by atoms with van der Waals surface area (Å²) in [7, 11) is 0. The van der Waals surface area contributed by atoms with Crippen LogP contribution >= 0.6 is 0 Å². The van der Waals surface area contributed by atoms with E-state index in [2.05, 4.69) is 17.2 Å². The van der Waals surface area contributed by atoms with Gasteiger partial charge in [0.2, 0.25) is 0 Å². The molecule has 0 aliphatic rings. The summed E-state index contributed by atoms with van der Waals surface area (Å²) in [4.78, 5) is 3.73. The van der Waals surface area contributed by atoms with Crippen LogP contribution in [0.1, 0.15) is 19.4 Å². The van der Waals surface area contributed by atoms with E-state index in [1.54, 1.807) is 12.3 Å². The van der Waals surface area contributed by atoms with Crippen LogP contribution in [-0.4, -0.2) is 4.98 Å². The van der Waals surface area contributed by atoms with Crippen LogP contribution in [0, 0.1) is 19.2 Å². The molecule has 0 bridgehead atoms. The smallest absolute Gasteiger partial charge is 0 e. The van der Waals surface area contributed by atoms with Gasteiger partial charge in [0.15, 0.2) is 0 Å². The van der Waals surface area contributed by atoms with Crippen molar-refractivity contribution in [3.63, 3.8) is 0 Å². The normalized spacial score (nSPS) is 6.09. The maximum atomic E-state index is 3.73. The minimum absolute atomic E-state index is 0. The first kappa shape index (κ1) is 16.4. The average molecular weight is 491 g/mol. The van der Waals surface area contributed by atoms with Gasteiger partial charge in [0, 0.05) is 19.5 Å². The third kappa shape index (κ3) is 8.77. The first-order valence-corrected chi connectivity index (χ1v) is 3.10. The maximum Gasteiger partial charge on any atom is 0 e. The summed E-state index contributed by atoms with van der Waals surface area (Å²) in [6, 6.07) is 4.68. The fourth-order valence-electron chi connectivity index (χ4n) is 0.366. The van der Waals surface area contributed by atoms with Crippen LogP contribution in [0.15, 0.2) is 12.3 Å². The van der Waals surface area contributed by atoms with Crippen molar-refractivity contribution in [1.82, 2.24) is 4.98 Å². The van der Waals surface area contributed by atoms with E-state index in [4.69, 9.17) is 0 Å². The predicted octanol–water partition coefficient (Wildman–Crippen LogP) is 2.01. The summed E-state index contributed by atoms with van der Waals surface area (Å²) < 4.78 is 0. The van der Waals surface area contributed by atoms with Gasteiger partial charge in [0.05, 0.1) is 0 Å². The van der Waals surface area contributed by atoms with Crippen molar-refractivity contribution in [1.29, 1.82) is 0 Å². The maximum absolute atomic E-state index is 3.73. The van der Waals surface area contributed by atoms with Crippen LogP contribution in [0.4, 0.5) is 0 Å². The van der Waals surface area contributed by atoms with Crippen molar-refractivity contribution in [3.05, 3.63) is 30.1 Å². The van der Waals surface area contributed by atoms with Crippen molar-refractivity contribution < 1.29 is 19.5 Å². The van der Waals surface area contributed by atoms with Crippen molar-refractivity contribution in [2.24, 2.45) is 0 Å². The fourth-order valence-corrected chi connectivity index (χ4v) is 0.366. The van der Waals surface area contributed by atoms with E-state index in [0.29, 0.717) is 0 Å². The Hall–Kier alpha value is -1.23. The Morgan fingerprint density at radius 2 is 1.91 bits per heavy atom. The number of aryl methyl sites for hydroxylation is 1. The minimum atomic E-state index is 0. The molecule has 0 N–H and O–H groups in total. The van der Waals surface area contributed by atoms with E-state index in [9.17, 15) is 0 Å². The van der Waals surface area contributed by atoms with Crippen LogP contribution in [0.3, 0.4) is 0 Å². The molecule has 1 radical (unpaired) electrons. The Kier molecular flexibility index (Phi) is 17.2. The number of hydrogen-bond donors (Lipinski definition) is 0. The zero-order chi connectivity index (χ0) is 7.11. The largest absolute Gasteiger partial charge is 0.528 e. The van der Waals surface area contributed by atoms with Crippen molar-refractivity contribution in [2.45, 2.75) is 20.8 Å². The Morgan fingerprint density at radius 3 is 2.09 bits per heavy atom. The number of rotatable bonds is 0. The van der Waals surface area contributed by atoms with Gasteiger partial charge in [-0.15, -0.1) is 0 Å². The molecule has 1 nitrogen and oxygen atoms in total. The first-order chi connectivity index (χ1) is 4.39. The van der Waals surface area contributed by atoms with Gasteiger partial charge in [-0.1, -0.05) is 20.8 Å². The summed E-state index contributed by atoms with van der Waals surface area (Å²) in [6.45, 7) is 5.91. The van der Waals surface area contributed by atoms with Gasteiger partial charge in [-0.25, -0.2) is 6.20 Å². The molecular formula is C8H11NRfRh-2. The number of hydrogen-bond acceptors (Lipinski definition) is 1. The van der Waals surface area contributed by atoms with Gasteiger partial charge in [0.25, 0.3) is 0 Å². The summed E-state index contributed by atoms with van der Waals surface area (Å²) >= 11 is 0. The Morgan fingerprint density at radius 1 is 1.36 bits per heavy atom. The zero-order valence-electron chi connectivity index (χ0n) is 7.14. The molecule has 0 unspecified atom stereocenters. The third-order valence-corrected chi connectivity index (χ3v) is 0.681. The summed E-state index contributed by atoms with van der Waals surface area (Å²) in [5.41, 5.74) is 0.961. The summed E-state index contributed by atoms with van der Waals surface area (Å²) in [5.74, 6) is 0. The van der Waals surface area contributed by atoms with E-state index in [0.717, 1.165) is 5.56 Å². The van der Waals surface area contributed by atoms with E-state index < -0.39 is 0 Å². The molecule has 0 amide bonds. The van der Waals surface area contributed by atoms with Crippen LogP contribution in [0.25, 0.3) is 0 Å². The molecule has 0 spiro atoms. The summed E-state index contributed by atoms with van der Waals surface area (Å²) in [5, 5.41) is 0. The van der Waals surface area contributed by atoms with Crippen LogP contribution in [-0.2, 0) is 19.5 Å². The molecule has 0 aliphatic carbocycles. The SMILES string of the molecule is CC.Cc1[c-]ccn[c-]1.[Rf].[Rh]. The Balaban J connectivity index is -0.000000149. The molecular weight excluding hydrogens is 480 g/mol.